The summed E-state index contributed by atoms with van der Waals surface area (Å²) < 4.78 is 0.996. The Kier molecular flexibility index (Phi) is 9.23. The van der Waals surface area contributed by atoms with E-state index in [1.807, 2.05) is 36.4 Å². The maximum absolute atomic E-state index is 12.9. The molecule has 1 aliphatic rings. The predicted molar refractivity (Wildman–Crippen MR) is 139 cm³/mol. The van der Waals surface area contributed by atoms with Crippen molar-refractivity contribution in [1.82, 2.24) is 5.32 Å². The Morgan fingerprint density at radius 2 is 1.70 bits per heavy atom. The van der Waals surface area contributed by atoms with Gasteiger partial charge in [-0.2, -0.15) is 0 Å². The fraction of sp³-hybridized carbons (Fsp3) is 0.519. The molecule has 0 bridgehead atoms. The molecular formula is C27H38Cl2N3O+. The molecule has 0 radical (unpaired) electrons. The number of benzene rings is 2. The van der Waals surface area contributed by atoms with Gasteiger partial charge in [-0.3, -0.25) is 4.79 Å². The second-order valence-electron chi connectivity index (χ2n) is 10.2. The Balaban J connectivity index is 1.55. The van der Waals surface area contributed by atoms with Gasteiger partial charge in [-0.15, -0.1) is 0 Å². The molecule has 2 aromatic rings. The number of likely N-dealkylation sites (N-methyl/N-ethyl adjacent to an activating group) is 1. The predicted octanol–water partition coefficient (Wildman–Crippen LogP) is 5.35. The molecule has 4 nitrogen and oxygen atoms in total. The first-order chi connectivity index (χ1) is 15.7. The van der Waals surface area contributed by atoms with Crippen LogP contribution in [-0.2, 0) is 12.8 Å². The van der Waals surface area contributed by atoms with E-state index < -0.39 is 0 Å². The normalized spacial score (nSPS) is 21.7. The van der Waals surface area contributed by atoms with E-state index in [1.165, 1.54) is 18.4 Å². The summed E-state index contributed by atoms with van der Waals surface area (Å²) in [6.07, 6.45) is 4.23. The number of piperidine rings is 1. The van der Waals surface area contributed by atoms with Gasteiger partial charge in [-0.1, -0.05) is 55.2 Å². The van der Waals surface area contributed by atoms with E-state index in [0.717, 1.165) is 42.5 Å². The van der Waals surface area contributed by atoms with Crippen LogP contribution in [0.2, 0.25) is 10.0 Å². The highest BCUT2D eigenvalue weighted by atomic mass is 35.5. The molecule has 1 atom stereocenters. The third-order valence-corrected chi connectivity index (χ3v) is 7.81. The number of hydrogen-bond acceptors (Lipinski definition) is 2. The van der Waals surface area contributed by atoms with E-state index in [-0.39, 0.29) is 11.9 Å². The Morgan fingerprint density at radius 3 is 2.27 bits per heavy atom. The van der Waals surface area contributed by atoms with Crippen molar-refractivity contribution in [3.8, 4) is 0 Å². The average molecular weight is 492 g/mol. The molecule has 0 saturated carbocycles. The number of hydrogen-bond donors (Lipinski definition) is 2. The number of carbonyl (C=O) groups is 1. The Morgan fingerprint density at radius 1 is 1.06 bits per heavy atom. The molecule has 33 heavy (non-hydrogen) atoms. The second kappa shape index (κ2) is 11.7. The molecule has 2 aromatic carbocycles. The fourth-order valence-corrected chi connectivity index (χ4v) is 5.09. The topological polar surface area (TPSA) is 55.1 Å². The average Bonchev–Trinajstić information content (AvgIpc) is 2.78. The smallest absolute Gasteiger partial charge is 0.251 e. The molecule has 3 rings (SSSR count). The Hall–Kier alpha value is -1.59. The van der Waals surface area contributed by atoms with Gasteiger partial charge in [0.05, 0.1) is 42.8 Å². The van der Waals surface area contributed by atoms with Gasteiger partial charge in [-0.05, 0) is 79.5 Å². The van der Waals surface area contributed by atoms with Crippen molar-refractivity contribution in [3.05, 3.63) is 69.2 Å². The molecule has 1 fully saturated rings. The number of nitrogens with zero attached hydrogens (tertiary/aromatic N) is 1. The van der Waals surface area contributed by atoms with Crippen LogP contribution in [0, 0.1) is 11.8 Å². The minimum Gasteiger partial charge on any atom is -0.343 e. The molecule has 180 valence electrons. The minimum atomic E-state index is 0.00843. The number of quaternary nitrogens is 1. The van der Waals surface area contributed by atoms with E-state index in [2.05, 4.69) is 32.3 Å². The Labute approximate surface area is 209 Å². The molecule has 0 aromatic heterocycles. The summed E-state index contributed by atoms with van der Waals surface area (Å²) in [5.41, 5.74) is 8.76. The summed E-state index contributed by atoms with van der Waals surface area (Å²) in [6.45, 7) is 8.20. The molecule has 6 heteroatoms. The van der Waals surface area contributed by atoms with Crippen molar-refractivity contribution in [3.63, 3.8) is 0 Å². The van der Waals surface area contributed by atoms with Gasteiger partial charge in [0, 0.05) is 5.56 Å². The van der Waals surface area contributed by atoms with Crippen molar-refractivity contribution in [1.29, 1.82) is 0 Å². The monoisotopic (exact) mass is 490 g/mol. The fourth-order valence-electron chi connectivity index (χ4n) is 4.77. The van der Waals surface area contributed by atoms with Gasteiger partial charge in [0.2, 0.25) is 0 Å². The van der Waals surface area contributed by atoms with Crippen molar-refractivity contribution in [2.45, 2.75) is 45.6 Å². The van der Waals surface area contributed by atoms with Gasteiger partial charge in [-0.25, -0.2) is 0 Å². The van der Waals surface area contributed by atoms with Crippen LogP contribution in [0.3, 0.4) is 0 Å². The third-order valence-electron chi connectivity index (χ3n) is 7.07. The lowest BCUT2D eigenvalue weighted by Crippen LogP contribution is -2.58. The van der Waals surface area contributed by atoms with Gasteiger partial charge in [0.25, 0.3) is 5.91 Å². The molecule has 1 unspecified atom stereocenters. The highest BCUT2D eigenvalue weighted by Gasteiger charge is 2.34. The number of likely N-dealkylation sites (tertiary alicyclic amines) is 1. The first-order valence-corrected chi connectivity index (χ1v) is 12.8. The van der Waals surface area contributed by atoms with E-state index >= 15 is 0 Å². The van der Waals surface area contributed by atoms with E-state index in [4.69, 9.17) is 28.9 Å². The van der Waals surface area contributed by atoms with Crippen molar-refractivity contribution in [2.24, 2.45) is 17.6 Å². The third kappa shape index (κ3) is 7.45. The summed E-state index contributed by atoms with van der Waals surface area (Å²) in [4.78, 5) is 12.9. The molecule has 0 aliphatic carbocycles. The zero-order valence-electron chi connectivity index (χ0n) is 20.1. The molecule has 1 aliphatic heterocycles. The summed E-state index contributed by atoms with van der Waals surface area (Å²) in [5.74, 6) is 1.04. The van der Waals surface area contributed by atoms with E-state index in [1.54, 1.807) is 0 Å². The molecule has 1 amide bonds. The summed E-state index contributed by atoms with van der Waals surface area (Å²) >= 11 is 12.3. The second-order valence-corrected chi connectivity index (χ2v) is 11.0. The minimum absolute atomic E-state index is 0.00843. The van der Waals surface area contributed by atoms with Crippen molar-refractivity contribution >= 4 is 29.1 Å². The standard InChI is InChI=1S/C27H37Cl2N3O/c1-19(2)26(31-27(33)23-7-4-20(5-8-23)10-13-30)18-32(3)14-11-21(12-15-32)16-22-6-9-24(28)25(29)17-22/h4-9,17,19,21,26H,10-16,18,30H2,1-3H3/p+1. The number of amides is 1. The van der Waals surface area contributed by atoms with Gasteiger partial charge in [0.15, 0.2) is 0 Å². The number of nitrogens with two attached hydrogens (primary N) is 1. The quantitative estimate of drug-likeness (QED) is 0.465. The first kappa shape index (κ1) is 26.0. The largest absolute Gasteiger partial charge is 0.343 e. The molecule has 0 spiro atoms. The van der Waals surface area contributed by atoms with Crippen LogP contribution in [0.5, 0.6) is 0 Å². The lowest BCUT2D eigenvalue weighted by molar-refractivity contribution is -0.916. The molecule has 1 heterocycles. The van der Waals surface area contributed by atoms with E-state index in [0.29, 0.717) is 34.0 Å². The highest BCUT2D eigenvalue weighted by Crippen LogP contribution is 2.29. The van der Waals surface area contributed by atoms with Gasteiger partial charge in [0.1, 0.15) is 0 Å². The Bertz CT molecular complexity index is 921. The van der Waals surface area contributed by atoms with Crippen LogP contribution in [0.25, 0.3) is 0 Å². The molecule has 1 saturated heterocycles. The van der Waals surface area contributed by atoms with Crippen LogP contribution in [-0.4, -0.2) is 49.7 Å². The van der Waals surface area contributed by atoms with Crippen LogP contribution in [0.15, 0.2) is 42.5 Å². The van der Waals surface area contributed by atoms with Crippen LogP contribution in [0.1, 0.15) is 48.2 Å². The van der Waals surface area contributed by atoms with Gasteiger partial charge < -0.3 is 15.5 Å². The maximum Gasteiger partial charge on any atom is 0.251 e. The van der Waals surface area contributed by atoms with Gasteiger partial charge >= 0.3 is 0 Å². The number of nitrogens with one attached hydrogen (secondary N) is 1. The van der Waals surface area contributed by atoms with Crippen LogP contribution in [0.4, 0.5) is 0 Å². The SMILES string of the molecule is CC(C)C(C[N+]1(C)CCC(Cc2ccc(Cl)c(Cl)c2)CC1)NC(=O)c1ccc(CCN)cc1. The van der Waals surface area contributed by atoms with Crippen molar-refractivity contribution in [2.75, 3.05) is 33.2 Å². The summed E-state index contributed by atoms with van der Waals surface area (Å²) in [5, 5.41) is 4.56. The van der Waals surface area contributed by atoms with Crippen molar-refractivity contribution < 1.29 is 9.28 Å². The number of rotatable bonds is 9. The first-order valence-electron chi connectivity index (χ1n) is 12.1. The lowest BCUT2D eigenvalue weighted by atomic mass is 9.88. The summed E-state index contributed by atoms with van der Waals surface area (Å²) in [7, 11) is 2.33. The maximum atomic E-state index is 12.9. The zero-order valence-corrected chi connectivity index (χ0v) is 21.6. The lowest BCUT2D eigenvalue weighted by Gasteiger charge is -2.43. The number of halogens is 2. The molecular weight excluding hydrogens is 453 g/mol. The van der Waals surface area contributed by atoms with E-state index in [9.17, 15) is 4.79 Å². The molecule has 3 N–H and O–H groups in total. The van der Waals surface area contributed by atoms with Crippen LogP contribution < -0.4 is 11.1 Å². The highest BCUT2D eigenvalue weighted by molar-refractivity contribution is 6.42. The van der Waals surface area contributed by atoms with Crippen LogP contribution >= 0.6 is 23.2 Å². The summed E-state index contributed by atoms with van der Waals surface area (Å²) in [6, 6.07) is 13.9. The number of carbonyl (C=O) groups excluding carboxylic acids is 1. The zero-order chi connectivity index (χ0) is 24.0.